The van der Waals surface area contributed by atoms with Crippen LogP contribution >= 0.6 is 15.9 Å². The number of nitrogens with zero attached hydrogens (tertiary/aromatic N) is 5. The minimum atomic E-state index is -0.346. The average molecular weight is 477 g/mol. The van der Waals surface area contributed by atoms with Crippen LogP contribution in [0.1, 0.15) is 40.4 Å². The van der Waals surface area contributed by atoms with E-state index in [9.17, 15) is 4.79 Å². The van der Waals surface area contributed by atoms with Gasteiger partial charge in [-0.1, -0.05) is 0 Å². The predicted octanol–water partition coefficient (Wildman–Crippen LogP) is 4.48. The van der Waals surface area contributed by atoms with E-state index in [0.29, 0.717) is 23.8 Å². The predicted molar refractivity (Wildman–Crippen MR) is 123 cm³/mol. The molecule has 0 fully saturated rings. The number of halogens is 1. The molecule has 0 saturated heterocycles. The van der Waals surface area contributed by atoms with Gasteiger partial charge in [-0.2, -0.15) is 0 Å². The van der Waals surface area contributed by atoms with Gasteiger partial charge in [0.15, 0.2) is 0 Å². The van der Waals surface area contributed by atoms with Gasteiger partial charge in [-0.3, -0.25) is 9.78 Å². The molecule has 0 spiro atoms. The summed E-state index contributed by atoms with van der Waals surface area (Å²) in [6.45, 7) is 4.14. The van der Waals surface area contributed by atoms with Gasteiger partial charge in [0.05, 0.1) is 23.8 Å². The van der Waals surface area contributed by atoms with Gasteiger partial charge >= 0.3 is 0 Å². The molecule has 156 valence electrons. The first kappa shape index (κ1) is 20.9. The summed E-state index contributed by atoms with van der Waals surface area (Å²) in [7, 11) is 0. The molecule has 2 N–H and O–H groups in total. The zero-order valence-corrected chi connectivity index (χ0v) is 18.7. The summed E-state index contributed by atoms with van der Waals surface area (Å²) in [5, 5.41) is 0.864. The SMILES string of the molecule is Cc1cc2cc(C(=O)N(Cc3ccc(Br)cn3)[C@H](C)c3ncccn3)ccc2nc1N. The van der Waals surface area contributed by atoms with Crippen molar-refractivity contribution >= 4 is 38.6 Å². The fourth-order valence-electron chi connectivity index (χ4n) is 3.32. The second-order valence-corrected chi connectivity index (χ2v) is 8.20. The molecule has 4 rings (SSSR count). The van der Waals surface area contributed by atoms with Crippen LogP contribution in [0.2, 0.25) is 0 Å². The second-order valence-electron chi connectivity index (χ2n) is 7.28. The molecule has 0 aliphatic carbocycles. The first-order chi connectivity index (χ1) is 14.9. The van der Waals surface area contributed by atoms with Gasteiger partial charge in [0.25, 0.3) is 5.91 Å². The first-order valence-electron chi connectivity index (χ1n) is 9.77. The van der Waals surface area contributed by atoms with E-state index in [1.165, 1.54) is 0 Å². The Morgan fingerprint density at radius 3 is 2.61 bits per heavy atom. The molecule has 7 nitrogen and oxygen atoms in total. The van der Waals surface area contributed by atoms with Crippen LogP contribution < -0.4 is 5.73 Å². The van der Waals surface area contributed by atoms with Crippen molar-refractivity contribution in [2.24, 2.45) is 0 Å². The number of hydrogen-bond acceptors (Lipinski definition) is 6. The number of hydrogen-bond donors (Lipinski definition) is 1. The lowest BCUT2D eigenvalue weighted by atomic mass is 10.1. The minimum absolute atomic E-state index is 0.138. The van der Waals surface area contributed by atoms with Crippen molar-refractivity contribution in [2.75, 3.05) is 5.73 Å². The van der Waals surface area contributed by atoms with Crippen LogP contribution in [-0.2, 0) is 6.54 Å². The Labute approximate surface area is 188 Å². The monoisotopic (exact) mass is 476 g/mol. The van der Waals surface area contributed by atoms with Crippen LogP contribution in [0.5, 0.6) is 0 Å². The quantitative estimate of drug-likeness (QED) is 0.455. The molecular weight excluding hydrogens is 456 g/mol. The highest BCUT2D eigenvalue weighted by molar-refractivity contribution is 9.10. The maximum Gasteiger partial charge on any atom is 0.254 e. The number of nitrogens with two attached hydrogens (primary N) is 1. The van der Waals surface area contributed by atoms with Gasteiger partial charge in [0.2, 0.25) is 0 Å². The minimum Gasteiger partial charge on any atom is -0.383 e. The fourth-order valence-corrected chi connectivity index (χ4v) is 3.56. The van der Waals surface area contributed by atoms with E-state index in [2.05, 4.69) is 35.9 Å². The molecular formula is C23H21BrN6O. The van der Waals surface area contributed by atoms with E-state index in [4.69, 9.17) is 5.73 Å². The molecule has 3 heterocycles. The molecule has 31 heavy (non-hydrogen) atoms. The number of anilines is 1. The normalized spacial score (nSPS) is 12.0. The Hall–Kier alpha value is -3.39. The summed E-state index contributed by atoms with van der Waals surface area (Å²) >= 11 is 3.40. The lowest BCUT2D eigenvalue weighted by molar-refractivity contribution is 0.0663. The van der Waals surface area contributed by atoms with Crippen LogP contribution in [0.4, 0.5) is 5.82 Å². The van der Waals surface area contributed by atoms with Crippen LogP contribution in [0.15, 0.2) is 65.5 Å². The molecule has 0 saturated carbocycles. The van der Waals surface area contributed by atoms with Crippen molar-refractivity contribution in [3.05, 3.63) is 88.2 Å². The summed E-state index contributed by atoms with van der Waals surface area (Å²) in [5.41, 5.74) is 8.87. The van der Waals surface area contributed by atoms with Crippen LogP contribution in [0.3, 0.4) is 0 Å². The summed E-state index contributed by atoms with van der Waals surface area (Å²) in [4.78, 5) is 32.9. The van der Waals surface area contributed by atoms with E-state index in [0.717, 1.165) is 26.6 Å². The number of aryl methyl sites for hydroxylation is 1. The Kier molecular flexibility index (Phi) is 5.90. The van der Waals surface area contributed by atoms with E-state index < -0.39 is 0 Å². The van der Waals surface area contributed by atoms with Gasteiger partial charge in [-0.25, -0.2) is 15.0 Å². The van der Waals surface area contributed by atoms with Crippen molar-refractivity contribution in [2.45, 2.75) is 26.4 Å². The number of benzene rings is 1. The average Bonchev–Trinajstić information content (AvgIpc) is 2.79. The molecule has 3 aromatic heterocycles. The third kappa shape index (κ3) is 4.54. The van der Waals surface area contributed by atoms with E-state index >= 15 is 0 Å². The largest absolute Gasteiger partial charge is 0.383 e. The number of aromatic nitrogens is 4. The second kappa shape index (κ2) is 8.77. The first-order valence-corrected chi connectivity index (χ1v) is 10.6. The van der Waals surface area contributed by atoms with Crippen molar-refractivity contribution < 1.29 is 4.79 Å². The van der Waals surface area contributed by atoms with E-state index in [1.807, 2.05) is 44.2 Å². The zero-order valence-electron chi connectivity index (χ0n) is 17.2. The van der Waals surface area contributed by atoms with E-state index in [-0.39, 0.29) is 11.9 Å². The van der Waals surface area contributed by atoms with Crippen molar-refractivity contribution in [3.8, 4) is 0 Å². The summed E-state index contributed by atoms with van der Waals surface area (Å²) in [5.74, 6) is 0.921. The van der Waals surface area contributed by atoms with Crippen LogP contribution in [0, 0.1) is 6.92 Å². The molecule has 8 heteroatoms. The Bertz CT molecular complexity index is 1230. The molecule has 1 atom stereocenters. The molecule has 0 radical (unpaired) electrons. The molecule has 1 aromatic carbocycles. The lowest BCUT2D eigenvalue weighted by Crippen LogP contribution is -2.34. The van der Waals surface area contributed by atoms with Gasteiger partial charge < -0.3 is 10.6 Å². The van der Waals surface area contributed by atoms with Gasteiger partial charge in [-0.05, 0) is 77.8 Å². The maximum absolute atomic E-state index is 13.6. The van der Waals surface area contributed by atoms with Crippen LogP contribution in [0.25, 0.3) is 10.9 Å². The Morgan fingerprint density at radius 2 is 1.90 bits per heavy atom. The van der Waals surface area contributed by atoms with E-state index in [1.54, 1.807) is 35.6 Å². The third-order valence-electron chi connectivity index (χ3n) is 5.10. The standard InChI is InChI=1S/C23H21BrN6O/c1-14-10-17-11-16(4-7-20(17)29-21(14)25)23(31)30(13-19-6-5-18(24)12-28-19)15(2)22-26-8-3-9-27-22/h3-12,15H,13H2,1-2H3,(H2,25,29)/t15-/m1/s1. The highest BCUT2D eigenvalue weighted by Crippen LogP contribution is 2.25. The highest BCUT2D eigenvalue weighted by atomic mass is 79.9. The number of fused-ring (bicyclic) bond motifs is 1. The number of carbonyl (C=O) groups is 1. The Morgan fingerprint density at radius 1 is 1.13 bits per heavy atom. The van der Waals surface area contributed by atoms with Gasteiger partial charge in [0, 0.05) is 34.0 Å². The van der Waals surface area contributed by atoms with Crippen molar-refractivity contribution in [1.82, 2.24) is 24.8 Å². The van der Waals surface area contributed by atoms with Crippen molar-refractivity contribution in [1.29, 1.82) is 0 Å². The lowest BCUT2D eigenvalue weighted by Gasteiger charge is -2.28. The zero-order chi connectivity index (χ0) is 22.0. The molecule has 0 unspecified atom stereocenters. The Balaban J connectivity index is 1.72. The molecule has 0 bridgehead atoms. The molecule has 4 aromatic rings. The van der Waals surface area contributed by atoms with Gasteiger partial charge in [-0.15, -0.1) is 0 Å². The summed E-state index contributed by atoms with van der Waals surface area (Å²) < 4.78 is 0.880. The molecule has 0 aliphatic rings. The number of carbonyl (C=O) groups excluding carboxylic acids is 1. The molecule has 1 amide bonds. The maximum atomic E-state index is 13.6. The third-order valence-corrected chi connectivity index (χ3v) is 5.57. The summed E-state index contributed by atoms with van der Waals surface area (Å²) in [6.07, 6.45) is 5.07. The molecule has 0 aliphatic heterocycles. The van der Waals surface area contributed by atoms with Crippen LogP contribution in [-0.4, -0.2) is 30.7 Å². The number of pyridine rings is 2. The van der Waals surface area contributed by atoms with Crippen molar-refractivity contribution in [3.63, 3.8) is 0 Å². The number of amides is 1. The van der Waals surface area contributed by atoms with Gasteiger partial charge in [0.1, 0.15) is 11.6 Å². The topological polar surface area (TPSA) is 97.9 Å². The number of nitrogen functional groups attached to an aromatic ring is 1. The smallest absolute Gasteiger partial charge is 0.254 e. The fraction of sp³-hybridized carbons (Fsp3) is 0.174. The number of rotatable bonds is 5. The summed E-state index contributed by atoms with van der Waals surface area (Å²) in [6, 6.07) is 12.6. The highest BCUT2D eigenvalue weighted by Gasteiger charge is 2.25.